The van der Waals surface area contributed by atoms with Gasteiger partial charge in [-0.2, -0.15) is 0 Å². The highest BCUT2D eigenvalue weighted by Crippen LogP contribution is 2.17. The van der Waals surface area contributed by atoms with Crippen molar-refractivity contribution in [3.8, 4) is 5.75 Å². The Bertz CT molecular complexity index is 500. The first kappa shape index (κ1) is 21.3. The Kier molecular flexibility index (Phi) is 10.7. The number of nitrogens with zero attached hydrogens (tertiary/aromatic N) is 2. The van der Waals surface area contributed by atoms with E-state index in [-0.39, 0.29) is 0 Å². The Morgan fingerprint density at radius 1 is 1.20 bits per heavy atom. The van der Waals surface area contributed by atoms with E-state index in [1.54, 1.807) is 7.11 Å². The molecule has 0 aliphatic heterocycles. The van der Waals surface area contributed by atoms with Crippen molar-refractivity contribution in [1.29, 1.82) is 0 Å². The van der Waals surface area contributed by atoms with Gasteiger partial charge < -0.3 is 20.3 Å². The van der Waals surface area contributed by atoms with Gasteiger partial charge in [0.2, 0.25) is 0 Å². The zero-order valence-electron chi connectivity index (χ0n) is 16.6. The van der Waals surface area contributed by atoms with Gasteiger partial charge in [-0.3, -0.25) is 0 Å². The lowest BCUT2D eigenvalue weighted by Crippen LogP contribution is -2.42. The number of ether oxygens (including phenoxy) is 1. The Morgan fingerprint density at radius 2 is 1.92 bits per heavy atom. The molecule has 0 spiro atoms. The molecular weight excluding hydrogens is 312 g/mol. The highest BCUT2D eigenvalue weighted by Gasteiger charge is 2.07. The third-order valence-electron chi connectivity index (χ3n) is 4.33. The largest absolute Gasteiger partial charge is 0.496 e. The van der Waals surface area contributed by atoms with Gasteiger partial charge in [0.25, 0.3) is 0 Å². The Labute approximate surface area is 153 Å². The molecule has 5 nitrogen and oxygen atoms in total. The van der Waals surface area contributed by atoms with Crippen LogP contribution in [0.2, 0.25) is 0 Å². The molecule has 0 aliphatic rings. The molecule has 142 valence electrons. The van der Waals surface area contributed by atoms with Crippen molar-refractivity contribution >= 4 is 5.96 Å². The normalized spacial score (nSPS) is 13.0. The number of hydrogen-bond acceptors (Lipinski definition) is 3. The van der Waals surface area contributed by atoms with Crippen molar-refractivity contribution in [3.05, 3.63) is 29.8 Å². The third kappa shape index (κ3) is 8.25. The minimum absolute atomic E-state index is 0.394. The lowest BCUT2D eigenvalue weighted by atomic mass is 10.2. The molecule has 0 aromatic heterocycles. The second-order valence-corrected chi connectivity index (χ2v) is 6.22. The fourth-order valence-electron chi connectivity index (χ4n) is 2.78. The van der Waals surface area contributed by atoms with Gasteiger partial charge in [0, 0.05) is 18.2 Å². The molecule has 0 heterocycles. The molecule has 0 saturated heterocycles. The first-order valence-electron chi connectivity index (χ1n) is 9.53. The Morgan fingerprint density at radius 3 is 2.56 bits per heavy atom. The monoisotopic (exact) mass is 348 g/mol. The highest BCUT2D eigenvalue weighted by atomic mass is 16.5. The molecule has 0 bridgehead atoms. The summed E-state index contributed by atoms with van der Waals surface area (Å²) in [5.41, 5.74) is 1.09. The number of benzene rings is 1. The topological polar surface area (TPSA) is 48.9 Å². The van der Waals surface area contributed by atoms with Crippen LogP contribution in [0.4, 0.5) is 0 Å². The number of aliphatic imine (C=N–C) groups is 1. The van der Waals surface area contributed by atoms with Crippen molar-refractivity contribution in [2.24, 2.45) is 4.99 Å². The summed E-state index contributed by atoms with van der Waals surface area (Å²) in [5, 5.41) is 6.85. The van der Waals surface area contributed by atoms with Crippen LogP contribution in [0.1, 0.15) is 46.1 Å². The number of nitrogens with one attached hydrogen (secondary N) is 2. The lowest BCUT2D eigenvalue weighted by Gasteiger charge is -2.21. The SMILES string of the molecule is CCNC(=NCc1ccccc1OC)NC(C)CCCN(CC)CC. The van der Waals surface area contributed by atoms with Crippen molar-refractivity contribution in [1.82, 2.24) is 15.5 Å². The Hall–Kier alpha value is -1.75. The molecule has 0 aliphatic carbocycles. The summed E-state index contributed by atoms with van der Waals surface area (Å²) >= 11 is 0. The standard InChI is InChI=1S/C20H36N4O/c1-6-21-20(22-16-18-13-9-10-14-19(18)25-5)23-17(4)12-11-15-24(7-2)8-3/h9-10,13-14,17H,6-8,11-12,15-16H2,1-5H3,(H2,21,22,23). The fourth-order valence-corrected chi connectivity index (χ4v) is 2.78. The zero-order chi connectivity index (χ0) is 18.5. The maximum atomic E-state index is 5.40. The van der Waals surface area contributed by atoms with Crippen LogP contribution in [0.5, 0.6) is 5.75 Å². The molecule has 1 rings (SSSR count). The first-order chi connectivity index (χ1) is 12.1. The van der Waals surface area contributed by atoms with Crippen molar-refractivity contribution in [2.45, 2.75) is 53.1 Å². The minimum atomic E-state index is 0.394. The molecule has 5 heteroatoms. The van der Waals surface area contributed by atoms with E-state index in [1.165, 1.54) is 6.42 Å². The maximum absolute atomic E-state index is 5.40. The van der Waals surface area contributed by atoms with E-state index < -0.39 is 0 Å². The van der Waals surface area contributed by atoms with E-state index in [9.17, 15) is 0 Å². The van der Waals surface area contributed by atoms with Gasteiger partial charge in [-0.25, -0.2) is 4.99 Å². The number of hydrogen-bond donors (Lipinski definition) is 2. The van der Waals surface area contributed by atoms with Gasteiger partial charge in [0.05, 0.1) is 13.7 Å². The summed E-state index contributed by atoms with van der Waals surface area (Å²) in [5.74, 6) is 1.75. The fraction of sp³-hybridized carbons (Fsp3) is 0.650. The molecule has 0 amide bonds. The molecule has 1 aromatic carbocycles. The van der Waals surface area contributed by atoms with Crippen LogP contribution in [0.15, 0.2) is 29.3 Å². The quantitative estimate of drug-likeness (QED) is 0.476. The summed E-state index contributed by atoms with van der Waals surface area (Å²) in [6, 6.07) is 8.42. The molecule has 0 radical (unpaired) electrons. The van der Waals surface area contributed by atoms with Crippen molar-refractivity contribution in [3.63, 3.8) is 0 Å². The molecule has 0 fully saturated rings. The van der Waals surface area contributed by atoms with Gasteiger partial charge >= 0.3 is 0 Å². The van der Waals surface area contributed by atoms with Gasteiger partial charge in [-0.1, -0.05) is 32.0 Å². The van der Waals surface area contributed by atoms with Crippen LogP contribution in [0.25, 0.3) is 0 Å². The van der Waals surface area contributed by atoms with Gasteiger partial charge in [0.1, 0.15) is 5.75 Å². The van der Waals surface area contributed by atoms with Crippen LogP contribution >= 0.6 is 0 Å². The summed E-state index contributed by atoms with van der Waals surface area (Å²) in [6.07, 6.45) is 2.33. The smallest absolute Gasteiger partial charge is 0.191 e. The van der Waals surface area contributed by atoms with E-state index in [0.29, 0.717) is 12.6 Å². The molecule has 1 unspecified atom stereocenters. The van der Waals surface area contributed by atoms with Gasteiger partial charge in [-0.15, -0.1) is 0 Å². The summed E-state index contributed by atoms with van der Waals surface area (Å²) in [4.78, 5) is 7.18. The second kappa shape index (κ2) is 12.6. The van der Waals surface area contributed by atoms with E-state index in [0.717, 1.165) is 49.9 Å². The van der Waals surface area contributed by atoms with Crippen molar-refractivity contribution in [2.75, 3.05) is 33.3 Å². The lowest BCUT2D eigenvalue weighted by molar-refractivity contribution is 0.292. The predicted molar refractivity (Wildman–Crippen MR) is 107 cm³/mol. The van der Waals surface area contributed by atoms with Gasteiger partial charge in [0.15, 0.2) is 5.96 Å². The minimum Gasteiger partial charge on any atom is -0.496 e. The summed E-state index contributed by atoms with van der Waals surface area (Å²) < 4.78 is 5.40. The number of methoxy groups -OCH3 is 1. The molecule has 1 aromatic rings. The van der Waals surface area contributed by atoms with Gasteiger partial charge in [-0.05, 0) is 52.4 Å². The van der Waals surface area contributed by atoms with Crippen LogP contribution < -0.4 is 15.4 Å². The summed E-state index contributed by atoms with van der Waals surface area (Å²) in [6.45, 7) is 13.6. The second-order valence-electron chi connectivity index (χ2n) is 6.22. The number of guanidine groups is 1. The predicted octanol–water partition coefficient (Wildman–Crippen LogP) is 3.26. The van der Waals surface area contributed by atoms with E-state index in [1.807, 2.05) is 18.2 Å². The van der Waals surface area contributed by atoms with E-state index >= 15 is 0 Å². The number of rotatable bonds is 11. The molecule has 25 heavy (non-hydrogen) atoms. The van der Waals surface area contributed by atoms with E-state index in [4.69, 9.17) is 9.73 Å². The molecular formula is C20H36N4O. The average Bonchev–Trinajstić information content (AvgIpc) is 2.63. The maximum Gasteiger partial charge on any atom is 0.191 e. The first-order valence-corrected chi connectivity index (χ1v) is 9.53. The van der Waals surface area contributed by atoms with Crippen LogP contribution in [0.3, 0.4) is 0 Å². The molecule has 1 atom stereocenters. The average molecular weight is 349 g/mol. The summed E-state index contributed by atoms with van der Waals surface area (Å²) in [7, 11) is 1.70. The molecule has 2 N–H and O–H groups in total. The third-order valence-corrected chi connectivity index (χ3v) is 4.33. The Balaban J connectivity index is 2.54. The van der Waals surface area contributed by atoms with E-state index in [2.05, 4.69) is 49.3 Å². The zero-order valence-corrected chi connectivity index (χ0v) is 16.6. The highest BCUT2D eigenvalue weighted by molar-refractivity contribution is 5.80. The van der Waals surface area contributed by atoms with Crippen LogP contribution in [-0.4, -0.2) is 50.2 Å². The van der Waals surface area contributed by atoms with Crippen LogP contribution in [-0.2, 0) is 6.54 Å². The number of para-hydroxylation sites is 1. The van der Waals surface area contributed by atoms with Crippen LogP contribution in [0, 0.1) is 0 Å². The molecule has 0 saturated carbocycles. The van der Waals surface area contributed by atoms with Crippen molar-refractivity contribution < 1.29 is 4.74 Å².